The molecule has 0 radical (unpaired) electrons. The van der Waals surface area contributed by atoms with Crippen LogP contribution in [0, 0.1) is 6.92 Å². The number of furan rings is 1. The van der Waals surface area contributed by atoms with E-state index in [0.29, 0.717) is 22.4 Å². The summed E-state index contributed by atoms with van der Waals surface area (Å²) in [6.07, 6.45) is 2.00. The SMILES string of the molecule is Cc1ccc(S(=O)(=O)Nc2c(C(c3cccc4ccccc34)c3c[nH]c4ccccc34)oc3ccccc23)cc1. The Kier molecular flexibility index (Phi) is 5.72. The van der Waals surface area contributed by atoms with E-state index in [1.54, 1.807) is 24.3 Å². The molecule has 0 aliphatic rings. The molecule has 5 nitrogen and oxygen atoms in total. The van der Waals surface area contributed by atoms with Crippen molar-refractivity contribution in [1.82, 2.24) is 4.98 Å². The van der Waals surface area contributed by atoms with Crippen molar-refractivity contribution in [2.24, 2.45) is 0 Å². The largest absolute Gasteiger partial charge is 0.458 e. The van der Waals surface area contributed by atoms with E-state index in [1.165, 1.54) is 0 Å². The second kappa shape index (κ2) is 9.43. The fourth-order valence-electron chi connectivity index (χ4n) is 5.57. The van der Waals surface area contributed by atoms with Crippen LogP contribution in [-0.4, -0.2) is 13.4 Å². The van der Waals surface area contributed by atoms with Crippen molar-refractivity contribution in [1.29, 1.82) is 0 Å². The third-order valence-electron chi connectivity index (χ3n) is 7.52. The number of nitrogens with one attached hydrogen (secondary N) is 2. The Morgan fingerprint density at radius 2 is 1.38 bits per heavy atom. The van der Waals surface area contributed by atoms with E-state index in [4.69, 9.17) is 4.42 Å². The molecular weight excluding hydrogens is 516 g/mol. The van der Waals surface area contributed by atoms with Crippen molar-refractivity contribution < 1.29 is 12.8 Å². The summed E-state index contributed by atoms with van der Waals surface area (Å²) in [7, 11) is -3.90. The molecule has 0 aliphatic heterocycles. The maximum Gasteiger partial charge on any atom is 0.262 e. The van der Waals surface area contributed by atoms with Crippen LogP contribution >= 0.6 is 0 Å². The molecule has 2 heterocycles. The minimum absolute atomic E-state index is 0.197. The van der Waals surface area contributed by atoms with Gasteiger partial charge in [-0.05, 0) is 59.2 Å². The van der Waals surface area contributed by atoms with Gasteiger partial charge in [0.25, 0.3) is 10.0 Å². The van der Waals surface area contributed by atoms with E-state index < -0.39 is 15.9 Å². The maximum absolute atomic E-state index is 13.7. The van der Waals surface area contributed by atoms with E-state index in [2.05, 4.69) is 40.0 Å². The molecule has 0 aliphatic carbocycles. The van der Waals surface area contributed by atoms with Crippen molar-refractivity contribution in [3.63, 3.8) is 0 Å². The average molecular weight is 543 g/mol. The van der Waals surface area contributed by atoms with Gasteiger partial charge in [-0.1, -0.05) is 90.5 Å². The summed E-state index contributed by atoms with van der Waals surface area (Å²) in [5.41, 5.74) is 5.08. The number of rotatable bonds is 6. The summed E-state index contributed by atoms with van der Waals surface area (Å²) < 4.78 is 37.0. The molecule has 0 spiro atoms. The molecule has 196 valence electrons. The average Bonchev–Trinajstić information content (AvgIpc) is 3.56. The van der Waals surface area contributed by atoms with Crippen LogP contribution in [0.25, 0.3) is 32.6 Å². The van der Waals surface area contributed by atoms with Crippen molar-refractivity contribution in [3.8, 4) is 0 Å². The van der Waals surface area contributed by atoms with Gasteiger partial charge in [0.05, 0.1) is 16.5 Å². The van der Waals surface area contributed by atoms with Gasteiger partial charge in [0.15, 0.2) is 0 Å². The zero-order valence-electron chi connectivity index (χ0n) is 21.8. The normalized spacial score (nSPS) is 12.7. The van der Waals surface area contributed by atoms with Gasteiger partial charge in [0, 0.05) is 22.5 Å². The molecule has 2 N–H and O–H groups in total. The smallest absolute Gasteiger partial charge is 0.262 e. The predicted octanol–water partition coefficient (Wildman–Crippen LogP) is 8.36. The van der Waals surface area contributed by atoms with Crippen LogP contribution in [0.1, 0.15) is 28.4 Å². The maximum atomic E-state index is 13.7. The first kappa shape index (κ1) is 24.2. The van der Waals surface area contributed by atoms with E-state index in [0.717, 1.165) is 38.4 Å². The number of hydrogen-bond donors (Lipinski definition) is 2. The summed E-state index contributed by atoms with van der Waals surface area (Å²) in [4.78, 5) is 3.61. The highest BCUT2D eigenvalue weighted by molar-refractivity contribution is 7.92. The number of sulfonamides is 1. The van der Waals surface area contributed by atoms with Crippen molar-refractivity contribution in [2.75, 3.05) is 4.72 Å². The Morgan fingerprint density at radius 1 is 0.700 bits per heavy atom. The van der Waals surface area contributed by atoms with Crippen LogP contribution in [0.15, 0.2) is 131 Å². The first-order valence-corrected chi connectivity index (χ1v) is 14.6. The fraction of sp³-hybridized carbons (Fsp3) is 0.0588. The zero-order chi connectivity index (χ0) is 27.3. The fourth-order valence-corrected chi connectivity index (χ4v) is 6.66. The first-order valence-electron chi connectivity index (χ1n) is 13.1. The summed E-state index contributed by atoms with van der Waals surface area (Å²) in [6.45, 7) is 1.93. The number of para-hydroxylation sites is 2. The highest BCUT2D eigenvalue weighted by atomic mass is 32.2. The number of hydrogen-bond acceptors (Lipinski definition) is 3. The zero-order valence-corrected chi connectivity index (χ0v) is 22.6. The lowest BCUT2D eigenvalue weighted by atomic mass is 9.85. The van der Waals surface area contributed by atoms with Gasteiger partial charge in [-0.3, -0.25) is 4.72 Å². The van der Waals surface area contributed by atoms with Gasteiger partial charge in [-0.25, -0.2) is 8.42 Å². The monoisotopic (exact) mass is 542 g/mol. The van der Waals surface area contributed by atoms with Gasteiger partial charge in [-0.2, -0.15) is 0 Å². The van der Waals surface area contributed by atoms with Gasteiger partial charge < -0.3 is 9.40 Å². The Morgan fingerprint density at radius 3 is 2.20 bits per heavy atom. The third-order valence-corrected chi connectivity index (χ3v) is 8.88. The minimum Gasteiger partial charge on any atom is -0.458 e. The van der Waals surface area contributed by atoms with Crippen LogP contribution in [0.3, 0.4) is 0 Å². The molecule has 0 bridgehead atoms. The number of aryl methyl sites for hydroxylation is 1. The molecule has 6 heteroatoms. The molecule has 5 aromatic carbocycles. The molecule has 1 atom stereocenters. The summed E-state index contributed by atoms with van der Waals surface area (Å²) in [5, 5.41) is 3.93. The van der Waals surface area contributed by atoms with Crippen molar-refractivity contribution >= 4 is 48.4 Å². The number of anilines is 1. The Bertz CT molecular complexity index is 2120. The highest BCUT2D eigenvalue weighted by Gasteiger charge is 2.31. The van der Waals surface area contributed by atoms with E-state index in [-0.39, 0.29) is 4.90 Å². The molecule has 0 amide bonds. The molecule has 7 aromatic rings. The number of fused-ring (bicyclic) bond motifs is 3. The van der Waals surface area contributed by atoms with E-state index >= 15 is 0 Å². The molecule has 2 aromatic heterocycles. The van der Waals surface area contributed by atoms with Crippen molar-refractivity contribution in [3.05, 3.63) is 144 Å². The predicted molar refractivity (Wildman–Crippen MR) is 161 cm³/mol. The van der Waals surface area contributed by atoms with E-state index in [9.17, 15) is 8.42 Å². The highest BCUT2D eigenvalue weighted by Crippen LogP contribution is 2.46. The van der Waals surface area contributed by atoms with Crippen molar-refractivity contribution in [2.45, 2.75) is 17.7 Å². The second-order valence-corrected chi connectivity index (χ2v) is 11.7. The molecule has 0 saturated carbocycles. The van der Waals surface area contributed by atoms with E-state index in [1.807, 2.05) is 73.8 Å². The second-order valence-electron chi connectivity index (χ2n) is 10.0. The number of benzene rings is 5. The molecular formula is C34H26N2O3S. The van der Waals surface area contributed by atoms with Crippen LogP contribution in [0.2, 0.25) is 0 Å². The quantitative estimate of drug-likeness (QED) is 0.222. The molecule has 7 rings (SSSR count). The van der Waals surface area contributed by atoms with Crippen LogP contribution in [-0.2, 0) is 10.0 Å². The first-order chi connectivity index (χ1) is 19.5. The van der Waals surface area contributed by atoms with Gasteiger partial charge in [-0.15, -0.1) is 0 Å². The number of aromatic nitrogens is 1. The Hall–Kier alpha value is -4.81. The topological polar surface area (TPSA) is 75.1 Å². The van der Waals surface area contributed by atoms with Gasteiger partial charge in [0.1, 0.15) is 11.3 Å². The summed E-state index contributed by atoms with van der Waals surface area (Å²) >= 11 is 0. The molecule has 40 heavy (non-hydrogen) atoms. The van der Waals surface area contributed by atoms with Crippen LogP contribution < -0.4 is 4.72 Å². The lowest BCUT2D eigenvalue weighted by molar-refractivity contribution is 0.545. The molecule has 0 fully saturated rings. The Balaban J connectivity index is 1.52. The van der Waals surface area contributed by atoms with Crippen LogP contribution in [0.4, 0.5) is 5.69 Å². The van der Waals surface area contributed by atoms with Crippen LogP contribution in [0.5, 0.6) is 0 Å². The van der Waals surface area contributed by atoms with Gasteiger partial charge >= 0.3 is 0 Å². The van der Waals surface area contributed by atoms with Gasteiger partial charge in [0.2, 0.25) is 0 Å². The number of H-pyrrole nitrogens is 1. The molecule has 0 saturated heterocycles. The Labute approximate surface area is 232 Å². The minimum atomic E-state index is -3.90. The third kappa shape index (κ3) is 4.05. The lowest BCUT2D eigenvalue weighted by Crippen LogP contribution is -2.15. The standard InChI is InChI=1S/C34H26N2O3S/c1-22-17-19-24(20-18-22)40(37,38)36-33-28-13-5-7-16-31(28)39-34(33)32(29-21-35-30-15-6-4-12-26(29)30)27-14-8-10-23-9-2-3-11-25(23)27/h2-21,32,35-36H,1H3. The number of aromatic amines is 1. The summed E-state index contributed by atoms with van der Waals surface area (Å²) in [5.74, 6) is 0.142. The lowest BCUT2D eigenvalue weighted by Gasteiger charge is -2.20. The molecule has 1 unspecified atom stereocenters. The summed E-state index contributed by atoms with van der Waals surface area (Å²) in [6, 6.07) is 37.0.